The second kappa shape index (κ2) is 8.48. The highest BCUT2D eigenvalue weighted by molar-refractivity contribution is 6.32. The van der Waals surface area contributed by atoms with E-state index in [1.54, 1.807) is 35.0 Å². The van der Waals surface area contributed by atoms with Crippen LogP contribution in [0.25, 0.3) is 23.0 Å². The van der Waals surface area contributed by atoms with Gasteiger partial charge in [-0.2, -0.15) is 5.10 Å². The summed E-state index contributed by atoms with van der Waals surface area (Å²) in [6.07, 6.45) is 3.22. The number of nitrogens with zero attached hydrogens (tertiary/aromatic N) is 2. The highest BCUT2D eigenvalue weighted by Crippen LogP contribution is 2.32. The fourth-order valence-corrected chi connectivity index (χ4v) is 3.39. The number of hydrogen-bond donors (Lipinski definition) is 0. The van der Waals surface area contributed by atoms with Gasteiger partial charge in [0.2, 0.25) is 0 Å². The van der Waals surface area contributed by atoms with Crippen LogP contribution in [0.3, 0.4) is 0 Å². The lowest BCUT2D eigenvalue weighted by Gasteiger charge is -2.01. The van der Waals surface area contributed by atoms with Crippen LogP contribution in [-0.4, -0.2) is 15.6 Å². The molecule has 4 aromatic rings. The van der Waals surface area contributed by atoms with Crippen LogP contribution in [0.15, 0.2) is 91.0 Å². The van der Waals surface area contributed by atoms with Gasteiger partial charge in [0.05, 0.1) is 5.69 Å². The van der Waals surface area contributed by atoms with E-state index in [-0.39, 0.29) is 5.78 Å². The van der Waals surface area contributed by atoms with Crippen LogP contribution in [0.1, 0.15) is 15.9 Å². The summed E-state index contributed by atoms with van der Waals surface area (Å²) in [7, 11) is 0. The molecule has 0 saturated carbocycles. The maximum atomic E-state index is 12.6. The van der Waals surface area contributed by atoms with Gasteiger partial charge in [0.15, 0.2) is 5.78 Å². The van der Waals surface area contributed by atoms with E-state index in [1.165, 1.54) is 6.08 Å². The number of benzene rings is 3. The first-order valence-corrected chi connectivity index (χ1v) is 9.76. The molecule has 0 aliphatic rings. The molecule has 5 heteroatoms. The van der Waals surface area contributed by atoms with Crippen LogP contribution >= 0.6 is 23.2 Å². The van der Waals surface area contributed by atoms with E-state index in [4.69, 9.17) is 28.3 Å². The van der Waals surface area contributed by atoms with Crippen LogP contribution in [-0.2, 0) is 0 Å². The molecule has 0 aliphatic carbocycles. The number of allylic oxidation sites excluding steroid dienone is 1. The molecule has 0 fully saturated rings. The van der Waals surface area contributed by atoms with E-state index in [0.717, 1.165) is 11.3 Å². The van der Waals surface area contributed by atoms with Crippen LogP contribution in [0.5, 0.6) is 0 Å². The van der Waals surface area contributed by atoms with Gasteiger partial charge in [0.25, 0.3) is 0 Å². The highest BCUT2D eigenvalue weighted by Gasteiger charge is 2.17. The predicted molar refractivity (Wildman–Crippen MR) is 119 cm³/mol. The Morgan fingerprint density at radius 3 is 2.10 bits per heavy atom. The molecular weight excluding hydrogens is 403 g/mol. The fourth-order valence-electron chi connectivity index (χ4n) is 2.98. The normalized spacial score (nSPS) is 11.1. The molecule has 0 N–H and O–H groups in total. The molecule has 0 spiro atoms. The number of ketones is 1. The molecule has 0 bridgehead atoms. The molecule has 29 heavy (non-hydrogen) atoms. The fraction of sp³-hybridized carbons (Fsp3) is 0. The predicted octanol–water partition coefficient (Wildman–Crippen LogP) is 6.74. The van der Waals surface area contributed by atoms with Crippen LogP contribution in [0.2, 0.25) is 10.2 Å². The summed E-state index contributed by atoms with van der Waals surface area (Å²) in [5.41, 5.74) is 3.71. The quantitative estimate of drug-likeness (QED) is 0.265. The van der Waals surface area contributed by atoms with Crippen LogP contribution < -0.4 is 0 Å². The maximum absolute atomic E-state index is 12.6. The molecule has 0 saturated heterocycles. The summed E-state index contributed by atoms with van der Waals surface area (Å²) >= 11 is 12.6. The van der Waals surface area contributed by atoms with E-state index in [2.05, 4.69) is 0 Å². The van der Waals surface area contributed by atoms with Crippen molar-refractivity contribution < 1.29 is 4.79 Å². The Bertz CT molecular complexity index is 1160. The third kappa shape index (κ3) is 4.16. The van der Waals surface area contributed by atoms with E-state index in [9.17, 15) is 4.79 Å². The number of aromatic nitrogens is 2. The maximum Gasteiger partial charge on any atom is 0.185 e. The van der Waals surface area contributed by atoms with Gasteiger partial charge in [-0.05, 0) is 48.6 Å². The zero-order valence-corrected chi connectivity index (χ0v) is 16.8. The number of hydrogen-bond acceptors (Lipinski definition) is 2. The van der Waals surface area contributed by atoms with E-state index in [0.29, 0.717) is 27.0 Å². The van der Waals surface area contributed by atoms with Crippen molar-refractivity contribution in [3.8, 4) is 16.9 Å². The van der Waals surface area contributed by atoms with Gasteiger partial charge in [-0.15, -0.1) is 0 Å². The molecule has 0 aliphatic heterocycles. The Morgan fingerprint density at radius 2 is 1.45 bits per heavy atom. The molecule has 0 unspecified atom stereocenters. The monoisotopic (exact) mass is 418 g/mol. The molecule has 1 heterocycles. The lowest BCUT2D eigenvalue weighted by atomic mass is 10.1. The SMILES string of the molecule is O=C(/C=C/c1c(-c2ccccc2)nn(-c2ccccc2)c1Cl)c1ccc(Cl)cc1. The third-order valence-corrected chi connectivity index (χ3v) is 5.06. The minimum atomic E-state index is -0.135. The molecule has 1 aromatic heterocycles. The Balaban J connectivity index is 1.78. The number of carbonyl (C=O) groups is 1. The Labute approximate surface area is 178 Å². The average molecular weight is 419 g/mol. The largest absolute Gasteiger partial charge is 0.289 e. The molecule has 0 atom stereocenters. The molecule has 3 nitrogen and oxygen atoms in total. The van der Waals surface area contributed by atoms with Gasteiger partial charge in [0, 0.05) is 21.7 Å². The summed E-state index contributed by atoms with van der Waals surface area (Å²) in [6, 6.07) is 26.2. The topological polar surface area (TPSA) is 34.9 Å². The second-order valence-corrected chi connectivity index (χ2v) is 7.17. The third-order valence-electron chi connectivity index (χ3n) is 4.44. The average Bonchev–Trinajstić information content (AvgIpc) is 3.10. The smallest absolute Gasteiger partial charge is 0.185 e. The second-order valence-electron chi connectivity index (χ2n) is 6.37. The van der Waals surface area contributed by atoms with Crippen molar-refractivity contribution in [3.63, 3.8) is 0 Å². The van der Waals surface area contributed by atoms with Crippen molar-refractivity contribution in [2.75, 3.05) is 0 Å². The number of para-hydroxylation sites is 1. The van der Waals surface area contributed by atoms with E-state index in [1.807, 2.05) is 60.7 Å². The van der Waals surface area contributed by atoms with E-state index < -0.39 is 0 Å². The summed E-state index contributed by atoms with van der Waals surface area (Å²) in [6.45, 7) is 0. The van der Waals surface area contributed by atoms with Gasteiger partial charge in [-0.25, -0.2) is 4.68 Å². The Hall–Kier alpha value is -3.14. The Morgan fingerprint density at radius 1 is 0.828 bits per heavy atom. The first-order valence-electron chi connectivity index (χ1n) is 9.01. The first kappa shape index (κ1) is 19.2. The summed E-state index contributed by atoms with van der Waals surface area (Å²) in [4.78, 5) is 12.6. The summed E-state index contributed by atoms with van der Waals surface area (Å²) in [5, 5.41) is 5.74. The minimum Gasteiger partial charge on any atom is -0.289 e. The van der Waals surface area contributed by atoms with Crippen molar-refractivity contribution in [3.05, 3.63) is 112 Å². The number of halogens is 2. The van der Waals surface area contributed by atoms with Crippen LogP contribution in [0, 0.1) is 0 Å². The molecular formula is C24H16Cl2N2O. The van der Waals surface area contributed by atoms with Crippen molar-refractivity contribution in [2.45, 2.75) is 0 Å². The number of rotatable bonds is 5. The molecule has 142 valence electrons. The van der Waals surface area contributed by atoms with Gasteiger partial charge in [0.1, 0.15) is 10.8 Å². The van der Waals surface area contributed by atoms with Crippen molar-refractivity contribution in [1.29, 1.82) is 0 Å². The summed E-state index contributed by atoms with van der Waals surface area (Å²) < 4.78 is 1.68. The van der Waals surface area contributed by atoms with Crippen molar-refractivity contribution >= 4 is 35.1 Å². The molecule has 0 radical (unpaired) electrons. The first-order chi connectivity index (χ1) is 14.1. The minimum absolute atomic E-state index is 0.135. The van der Waals surface area contributed by atoms with E-state index >= 15 is 0 Å². The molecule has 3 aromatic carbocycles. The van der Waals surface area contributed by atoms with Crippen molar-refractivity contribution in [1.82, 2.24) is 9.78 Å². The number of carbonyl (C=O) groups excluding carboxylic acids is 1. The standard InChI is InChI=1S/C24H16Cl2N2O/c25-19-13-11-17(12-14-19)22(29)16-15-21-23(18-7-3-1-4-8-18)27-28(24(21)26)20-9-5-2-6-10-20/h1-16H/b16-15+. The molecule has 4 rings (SSSR count). The van der Waals surface area contributed by atoms with Gasteiger partial charge >= 0.3 is 0 Å². The zero-order valence-electron chi connectivity index (χ0n) is 15.3. The summed E-state index contributed by atoms with van der Waals surface area (Å²) in [5.74, 6) is -0.135. The van der Waals surface area contributed by atoms with Crippen molar-refractivity contribution in [2.24, 2.45) is 0 Å². The molecule has 0 amide bonds. The van der Waals surface area contributed by atoms with Gasteiger partial charge in [-0.3, -0.25) is 4.79 Å². The zero-order chi connectivity index (χ0) is 20.2. The lowest BCUT2D eigenvalue weighted by Crippen LogP contribution is -1.96. The van der Waals surface area contributed by atoms with Gasteiger partial charge in [-0.1, -0.05) is 71.7 Å². The highest BCUT2D eigenvalue weighted by atomic mass is 35.5. The van der Waals surface area contributed by atoms with Gasteiger partial charge < -0.3 is 0 Å². The Kier molecular flexibility index (Phi) is 5.61. The van der Waals surface area contributed by atoms with Crippen LogP contribution in [0.4, 0.5) is 0 Å². The lowest BCUT2D eigenvalue weighted by molar-refractivity contribution is 0.104.